The predicted molar refractivity (Wildman–Crippen MR) is 92.5 cm³/mol. The molecule has 2 rings (SSSR count). The number of piperidine rings is 1. The molecule has 1 N–H and O–H groups in total. The molecule has 8 nitrogen and oxygen atoms in total. The van der Waals surface area contributed by atoms with E-state index in [1.54, 1.807) is 0 Å². The van der Waals surface area contributed by atoms with Gasteiger partial charge in [0, 0.05) is 24.7 Å². The lowest BCUT2D eigenvalue weighted by atomic mass is 10.0. The van der Waals surface area contributed by atoms with Crippen LogP contribution in [0.1, 0.15) is 39.5 Å². The Labute approximate surface area is 147 Å². The lowest BCUT2D eigenvalue weighted by Gasteiger charge is -2.34. The molecule has 1 fully saturated rings. The second kappa shape index (κ2) is 7.92. The second-order valence-electron chi connectivity index (χ2n) is 6.20. The summed E-state index contributed by atoms with van der Waals surface area (Å²) in [5, 5.41) is 13.6. The first kappa shape index (κ1) is 19.3. The Morgan fingerprint density at radius 1 is 1.36 bits per heavy atom. The number of amides is 1. The fourth-order valence-corrected chi connectivity index (χ4v) is 4.43. The number of hydrogen-bond acceptors (Lipinski definition) is 5. The fraction of sp³-hybridized carbons (Fsp3) is 0.562. The molecule has 1 aliphatic rings. The SMILES string of the molecule is CC[C@H](C)NC(=O)[C@@H]1CCCCN1S(=O)(=O)c1ccc([N+](=O)[O-])cc1. The summed E-state index contributed by atoms with van der Waals surface area (Å²) < 4.78 is 27.0. The van der Waals surface area contributed by atoms with Gasteiger partial charge in [-0.05, 0) is 38.3 Å². The average Bonchev–Trinajstić information content (AvgIpc) is 2.61. The van der Waals surface area contributed by atoms with E-state index in [9.17, 15) is 23.3 Å². The summed E-state index contributed by atoms with van der Waals surface area (Å²) in [6, 6.07) is 3.97. The molecule has 0 aliphatic carbocycles. The Kier molecular flexibility index (Phi) is 6.12. The molecule has 0 radical (unpaired) electrons. The van der Waals surface area contributed by atoms with Gasteiger partial charge in [0.1, 0.15) is 6.04 Å². The van der Waals surface area contributed by atoms with Gasteiger partial charge in [-0.25, -0.2) is 8.42 Å². The maximum atomic E-state index is 12.9. The van der Waals surface area contributed by atoms with E-state index < -0.39 is 21.0 Å². The fourth-order valence-electron chi connectivity index (χ4n) is 2.77. The quantitative estimate of drug-likeness (QED) is 0.609. The number of sulfonamides is 1. The number of rotatable bonds is 6. The Balaban J connectivity index is 2.28. The third-order valence-corrected chi connectivity index (χ3v) is 6.33. The van der Waals surface area contributed by atoms with Gasteiger partial charge in [-0.15, -0.1) is 0 Å². The number of benzene rings is 1. The van der Waals surface area contributed by atoms with E-state index in [1.165, 1.54) is 16.4 Å². The molecule has 1 amide bonds. The first-order chi connectivity index (χ1) is 11.8. The van der Waals surface area contributed by atoms with E-state index >= 15 is 0 Å². The van der Waals surface area contributed by atoms with Crippen LogP contribution in [0.25, 0.3) is 0 Å². The van der Waals surface area contributed by atoms with Crippen LogP contribution in [0.5, 0.6) is 0 Å². The van der Waals surface area contributed by atoms with Gasteiger partial charge in [0.15, 0.2) is 0 Å². The molecule has 0 aromatic heterocycles. The lowest BCUT2D eigenvalue weighted by molar-refractivity contribution is -0.384. The monoisotopic (exact) mass is 369 g/mol. The normalized spacial score (nSPS) is 20.0. The average molecular weight is 369 g/mol. The molecule has 1 heterocycles. The maximum Gasteiger partial charge on any atom is 0.269 e. The van der Waals surface area contributed by atoms with Crippen LogP contribution in [-0.4, -0.2) is 42.2 Å². The molecule has 9 heteroatoms. The topological polar surface area (TPSA) is 110 Å². The van der Waals surface area contributed by atoms with Gasteiger partial charge in [0.05, 0.1) is 9.82 Å². The lowest BCUT2D eigenvalue weighted by Crippen LogP contribution is -2.53. The number of nitrogens with zero attached hydrogens (tertiary/aromatic N) is 2. The third kappa shape index (κ3) is 4.35. The van der Waals surface area contributed by atoms with Crippen LogP contribution in [0.4, 0.5) is 5.69 Å². The molecule has 2 atom stereocenters. The summed E-state index contributed by atoms with van der Waals surface area (Å²) in [5.74, 6) is -0.292. The molecule has 138 valence electrons. The number of nitro groups is 1. The number of nitrogens with one attached hydrogen (secondary N) is 1. The first-order valence-corrected chi connectivity index (χ1v) is 9.78. The van der Waals surface area contributed by atoms with E-state index in [1.807, 2.05) is 13.8 Å². The van der Waals surface area contributed by atoms with E-state index in [2.05, 4.69) is 5.32 Å². The van der Waals surface area contributed by atoms with Crippen molar-refractivity contribution in [3.05, 3.63) is 34.4 Å². The highest BCUT2D eigenvalue weighted by Gasteiger charge is 2.37. The summed E-state index contributed by atoms with van der Waals surface area (Å²) in [4.78, 5) is 22.6. The van der Waals surface area contributed by atoms with Gasteiger partial charge in [0.25, 0.3) is 5.69 Å². The van der Waals surface area contributed by atoms with Gasteiger partial charge in [-0.2, -0.15) is 4.31 Å². The molecule has 25 heavy (non-hydrogen) atoms. The summed E-state index contributed by atoms with van der Waals surface area (Å²) in [6.07, 6.45) is 2.69. The third-order valence-electron chi connectivity index (χ3n) is 4.41. The van der Waals surface area contributed by atoms with Crippen molar-refractivity contribution >= 4 is 21.6 Å². The minimum absolute atomic E-state index is 0.0293. The number of non-ortho nitro benzene ring substituents is 1. The second-order valence-corrected chi connectivity index (χ2v) is 8.09. The summed E-state index contributed by atoms with van der Waals surface area (Å²) in [7, 11) is -3.89. The predicted octanol–water partition coefficient (Wildman–Crippen LogP) is 2.05. The molecule has 0 bridgehead atoms. The minimum atomic E-state index is -3.89. The zero-order valence-corrected chi connectivity index (χ0v) is 15.2. The van der Waals surface area contributed by atoms with Gasteiger partial charge < -0.3 is 5.32 Å². The Bertz CT molecular complexity index is 733. The van der Waals surface area contributed by atoms with Crippen molar-refractivity contribution in [2.75, 3.05) is 6.54 Å². The largest absolute Gasteiger partial charge is 0.352 e. The Morgan fingerprint density at radius 2 is 2.00 bits per heavy atom. The Hall–Kier alpha value is -2.00. The molecule has 1 aliphatic heterocycles. The summed E-state index contributed by atoms with van der Waals surface area (Å²) >= 11 is 0. The molecular formula is C16H23N3O5S. The maximum absolute atomic E-state index is 12.9. The van der Waals surface area contributed by atoms with Crippen LogP contribution in [-0.2, 0) is 14.8 Å². The van der Waals surface area contributed by atoms with Crippen LogP contribution in [0.2, 0.25) is 0 Å². The van der Waals surface area contributed by atoms with Crippen LogP contribution in [0, 0.1) is 10.1 Å². The van der Waals surface area contributed by atoms with Crippen molar-refractivity contribution in [3.8, 4) is 0 Å². The van der Waals surface area contributed by atoms with E-state index in [0.717, 1.165) is 25.0 Å². The van der Waals surface area contributed by atoms with E-state index in [0.29, 0.717) is 12.8 Å². The van der Waals surface area contributed by atoms with Gasteiger partial charge in [-0.3, -0.25) is 14.9 Å². The van der Waals surface area contributed by atoms with E-state index in [-0.39, 0.29) is 29.1 Å². The summed E-state index contributed by atoms with van der Waals surface area (Å²) in [5.41, 5.74) is -0.177. The van der Waals surface area contributed by atoms with Crippen LogP contribution >= 0.6 is 0 Å². The molecule has 0 unspecified atom stereocenters. The smallest absolute Gasteiger partial charge is 0.269 e. The minimum Gasteiger partial charge on any atom is -0.352 e. The van der Waals surface area contributed by atoms with Crippen LogP contribution in [0.15, 0.2) is 29.2 Å². The number of carbonyl (C=O) groups is 1. The molecule has 1 aromatic rings. The zero-order valence-electron chi connectivity index (χ0n) is 14.3. The highest BCUT2D eigenvalue weighted by Crippen LogP contribution is 2.26. The number of hydrogen-bond donors (Lipinski definition) is 1. The van der Waals surface area contributed by atoms with Crippen LogP contribution in [0.3, 0.4) is 0 Å². The highest BCUT2D eigenvalue weighted by atomic mass is 32.2. The molecule has 0 saturated carbocycles. The van der Waals surface area contributed by atoms with Crippen molar-refractivity contribution in [2.24, 2.45) is 0 Å². The standard InChI is InChI=1S/C16H23N3O5S/c1-3-12(2)17-16(20)15-6-4-5-11-18(15)25(23,24)14-9-7-13(8-10-14)19(21)22/h7-10,12,15H,3-6,11H2,1-2H3,(H,17,20)/t12-,15-/m0/s1. The van der Waals surface area contributed by atoms with Crippen molar-refractivity contribution in [3.63, 3.8) is 0 Å². The summed E-state index contributed by atoms with van der Waals surface area (Å²) in [6.45, 7) is 4.07. The van der Waals surface area contributed by atoms with Crippen molar-refractivity contribution in [1.82, 2.24) is 9.62 Å². The van der Waals surface area contributed by atoms with Gasteiger partial charge >= 0.3 is 0 Å². The van der Waals surface area contributed by atoms with Gasteiger partial charge in [0.2, 0.25) is 15.9 Å². The van der Waals surface area contributed by atoms with Crippen LogP contribution < -0.4 is 5.32 Å². The first-order valence-electron chi connectivity index (χ1n) is 8.34. The van der Waals surface area contributed by atoms with Crippen molar-refractivity contribution in [1.29, 1.82) is 0 Å². The Morgan fingerprint density at radius 3 is 2.56 bits per heavy atom. The number of carbonyl (C=O) groups excluding carboxylic acids is 1. The molecular weight excluding hydrogens is 346 g/mol. The molecule has 1 saturated heterocycles. The van der Waals surface area contributed by atoms with Crippen molar-refractivity contribution < 1.29 is 18.1 Å². The molecule has 1 aromatic carbocycles. The zero-order chi connectivity index (χ0) is 18.6. The van der Waals surface area contributed by atoms with Gasteiger partial charge in [-0.1, -0.05) is 13.3 Å². The van der Waals surface area contributed by atoms with Crippen molar-refractivity contribution in [2.45, 2.75) is 56.5 Å². The highest BCUT2D eigenvalue weighted by molar-refractivity contribution is 7.89. The number of nitro benzene ring substituents is 1. The van der Waals surface area contributed by atoms with E-state index in [4.69, 9.17) is 0 Å². The molecule has 0 spiro atoms.